The molecule has 0 aliphatic rings. The van der Waals surface area contributed by atoms with Crippen molar-refractivity contribution in [3.05, 3.63) is 34.2 Å². The summed E-state index contributed by atoms with van der Waals surface area (Å²) in [7, 11) is 0. The van der Waals surface area contributed by atoms with Gasteiger partial charge in [0.1, 0.15) is 0 Å². The summed E-state index contributed by atoms with van der Waals surface area (Å²) in [4.78, 5) is 13.8. The van der Waals surface area contributed by atoms with Crippen molar-refractivity contribution in [1.29, 1.82) is 0 Å². The van der Waals surface area contributed by atoms with Crippen LogP contribution in [0.5, 0.6) is 0 Å². The number of aromatic nitrogens is 1. The van der Waals surface area contributed by atoms with E-state index in [1.165, 1.54) is 6.07 Å². The quantitative estimate of drug-likeness (QED) is 0.598. The molecule has 1 aromatic heterocycles. The molecular weight excluding hydrogens is 128 g/mol. The molecule has 0 atom stereocenters. The predicted molar refractivity (Wildman–Crippen MR) is 39.8 cm³/mol. The van der Waals surface area contributed by atoms with Crippen LogP contribution in [0.4, 0.5) is 0 Å². The van der Waals surface area contributed by atoms with E-state index in [0.717, 1.165) is 5.56 Å². The number of nitrogens with two attached hydrogens (primary N) is 1. The van der Waals surface area contributed by atoms with Crippen molar-refractivity contribution in [3.8, 4) is 0 Å². The minimum Gasteiger partial charge on any atom is -0.367 e. The van der Waals surface area contributed by atoms with Crippen molar-refractivity contribution in [2.45, 2.75) is 6.42 Å². The van der Waals surface area contributed by atoms with Gasteiger partial charge in [0.05, 0.1) is 0 Å². The van der Waals surface area contributed by atoms with Crippen LogP contribution < -0.4 is 11.2 Å². The topological polar surface area (TPSA) is 58.9 Å². The fourth-order valence-electron chi connectivity index (χ4n) is 0.802. The first-order chi connectivity index (χ1) is 4.84. The zero-order valence-electron chi connectivity index (χ0n) is 5.63. The van der Waals surface area contributed by atoms with Crippen LogP contribution in [0.25, 0.3) is 0 Å². The normalized spacial score (nSPS) is 9.70. The smallest absolute Gasteiger partial charge is 0.184 e. The highest BCUT2D eigenvalue weighted by Crippen LogP contribution is 1.86. The van der Waals surface area contributed by atoms with Crippen LogP contribution in [-0.2, 0) is 6.42 Å². The summed E-state index contributed by atoms with van der Waals surface area (Å²) in [6, 6.07) is 1.50. The Morgan fingerprint density at radius 3 is 3.00 bits per heavy atom. The lowest BCUT2D eigenvalue weighted by molar-refractivity contribution is 0.948. The van der Waals surface area contributed by atoms with E-state index in [-0.39, 0.29) is 5.43 Å². The molecule has 0 aliphatic carbocycles. The summed E-state index contributed by atoms with van der Waals surface area (Å²) >= 11 is 0. The molecule has 1 heterocycles. The van der Waals surface area contributed by atoms with Gasteiger partial charge in [0.2, 0.25) is 0 Å². The molecule has 0 aromatic carbocycles. The van der Waals surface area contributed by atoms with Gasteiger partial charge < -0.3 is 10.7 Å². The first-order valence-corrected chi connectivity index (χ1v) is 3.20. The molecular formula is C7H10N2O. The predicted octanol–water partition coefficient (Wildman–Crippen LogP) is -0.124. The lowest BCUT2D eigenvalue weighted by Crippen LogP contribution is -2.12. The van der Waals surface area contributed by atoms with E-state index in [1.807, 2.05) is 0 Å². The molecule has 10 heavy (non-hydrogen) atoms. The maximum atomic E-state index is 10.9. The fourth-order valence-corrected chi connectivity index (χ4v) is 0.802. The van der Waals surface area contributed by atoms with Crippen molar-refractivity contribution in [2.24, 2.45) is 5.73 Å². The van der Waals surface area contributed by atoms with Crippen LogP contribution in [0, 0.1) is 0 Å². The van der Waals surface area contributed by atoms with Gasteiger partial charge in [-0.25, -0.2) is 0 Å². The van der Waals surface area contributed by atoms with Crippen LogP contribution in [0.3, 0.4) is 0 Å². The molecule has 0 unspecified atom stereocenters. The van der Waals surface area contributed by atoms with Crippen LogP contribution in [0.15, 0.2) is 23.3 Å². The molecule has 3 heteroatoms. The van der Waals surface area contributed by atoms with Gasteiger partial charge in [0.15, 0.2) is 5.43 Å². The summed E-state index contributed by atoms with van der Waals surface area (Å²) in [5, 5.41) is 0. The molecule has 0 amide bonds. The summed E-state index contributed by atoms with van der Waals surface area (Å²) in [5.74, 6) is 0. The fraction of sp³-hybridized carbons (Fsp3) is 0.286. The maximum Gasteiger partial charge on any atom is 0.184 e. The average molecular weight is 138 g/mol. The van der Waals surface area contributed by atoms with Gasteiger partial charge in [-0.05, 0) is 13.0 Å². The Balaban J connectivity index is 2.92. The highest BCUT2D eigenvalue weighted by molar-refractivity contribution is 5.09. The molecule has 3 N–H and O–H groups in total. The van der Waals surface area contributed by atoms with E-state index in [4.69, 9.17) is 5.73 Å². The molecule has 0 bridgehead atoms. The molecule has 0 spiro atoms. The van der Waals surface area contributed by atoms with Crippen LogP contribution in [0.1, 0.15) is 5.56 Å². The van der Waals surface area contributed by atoms with Gasteiger partial charge in [0, 0.05) is 24.0 Å². The SMILES string of the molecule is NCCc1c[nH]ccc1=O. The van der Waals surface area contributed by atoms with E-state index in [1.54, 1.807) is 12.4 Å². The van der Waals surface area contributed by atoms with Crippen molar-refractivity contribution in [3.63, 3.8) is 0 Å². The highest BCUT2D eigenvalue weighted by Gasteiger charge is 1.93. The highest BCUT2D eigenvalue weighted by atomic mass is 16.1. The third-order valence-electron chi connectivity index (χ3n) is 1.32. The van der Waals surface area contributed by atoms with Crippen LogP contribution >= 0.6 is 0 Å². The summed E-state index contributed by atoms with van der Waals surface area (Å²) in [6.45, 7) is 0.521. The molecule has 1 rings (SSSR count). The second-order valence-electron chi connectivity index (χ2n) is 2.07. The van der Waals surface area contributed by atoms with E-state index in [9.17, 15) is 4.79 Å². The Morgan fingerprint density at radius 1 is 1.60 bits per heavy atom. The molecule has 0 aliphatic heterocycles. The third kappa shape index (κ3) is 1.45. The monoisotopic (exact) mass is 138 g/mol. The number of aromatic amines is 1. The van der Waals surface area contributed by atoms with Gasteiger partial charge >= 0.3 is 0 Å². The van der Waals surface area contributed by atoms with E-state index in [2.05, 4.69) is 4.98 Å². The van der Waals surface area contributed by atoms with Crippen molar-refractivity contribution >= 4 is 0 Å². The van der Waals surface area contributed by atoms with Crippen molar-refractivity contribution in [1.82, 2.24) is 4.98 Å². The first kappa shape index (κ1) is 7.02. The number of H-pyrrole nitrogens is 1. The Labute approximate surface area is 58.9 Å². The summed E-state index contributed by atoms with van der Waals surface area (Å²) in [5.41, 5.74) is 6.09. The number of hydrogen-bond donors (Lipinski definition) is 2. The largest absolute Gasteiger partial charge is 0.367 e. The zero-order chi connectivity index (χ0) is 7.40. The van der Waals surface area contributed by atoms with Crippen LogP contribution in [0.2, 0.25) is 0 Å². The molecule has 0 fully saturated rings. The lowest BCUT2D eigenvalue weighted by atomic mass is 10.2. The van der Waals surface area contributed by atoms with Gasteiger partial charge in [-0.3, -0.25) is 4.79 Å². The third-order valence-corrected chi connectivity index (χ3v) is 1.32. The van der Waals surface area contributed by atoms with Crippen molar-refractivity contribution < 1.29 is 0 Å². The zero-order valence-corrected chi connectivity index (χ0v) is 5.63. The average Bonchev–Trinajstić information content (AvgIpc) is 1.94. The Kier molecular flexibility index (Phi) is 2.23. The molecule has 54 valence electrons. The minimum atomic E-state index is 0.0594. The number of pyridine rings is 1. The Hall–Kier alpha value is -1.09. The lowest BCUT2D eigenvalue weighted by Gasteiger charge is -1.93. The summed E-state index contributed by atoms with van der Waals surface area (Å²) < 4.78 is 0. The van der Waals surface area contributed by atoms with E-state index < -0.39 is 0 Å². The molecule has 1 aromatic rings. The molecule has 0 saturated carbocycles. The van der Waals surface area contributed by atoms with E-state index >= 15 is 0 Å². The molecule has 3 nitrogen and oxygen atoms in total. The van der Waals surface area contributed by atoms with Gasteiger partial charge in [0.25, 0.3) is 0 Å². The maximum absolute atomic E-state index is 10.9. The number of rotatable bonds is 2. The second-order valence-corrected chi connectivity index (χ2v) is 2.07. The van der Waals surface area contributed by atoms with Gasteiger partial charge in [-0.2, -0.15) is 0 Å². The summed E-state index contributed by atoms with van der Waals surface area (Å²) in [6.07, 6.45) is 3.95. The van der Waals surface area contributed by atoms with E-state index in [0.29, 0.717) is 13.0 Å². The Bertz CT molecular complexity index is 254. The number of nitrogens with one attached hydrogen (secondary N) is 1. The van der Waals surface area contributed by atoms with Gasteiger partial charge in [-0.15, -0.1) is 0 Å². The Morgan fingerprint density at radius 2 is 2.40 bits per heavy atom. The molecule has 0 saturated heterocycles. The van der Waals surface area contributed by atoms with Crippen LogP contribution in [-0.4, -0.2) is 11.5 Å². The minimum absolute atomic E-state index is 0.0594. The molecule has 0 radical (unpaired) electrons. The standard InChI is InChI=1S/C7H10N2O/c8-3-1-6-5-9-4-2-7(6)10/h2,4-5H,1,3,8H2,(H,9,10). The first-order valence-electron chi connectivity index (χ1n) is 3.20. The van der Waals surface area contributed by atoms with Crippen molar-refractivity contribution in [2.75, 3.05) is 6.54 Å². The number of hydrogen-bond acceptors (Lipinski definition) is 2. The second kappa shape index (κ2) is 3.17. The van der Waals surface area contributed by atoms with Gasteiger partial charge in [-0.1, -0.05) is 0 Å².